The number of carbonyl (C=O) groups excluding carboxylic acids is 2. The lowest BCUT2D eigenvalue weighted by Gasteiger charge is -2.25. The van der Waals surface area contributed by atoms with Gasteiger partial charge in [0.1, 0.15) is 11.5 Å². The van der Waals surface area contributed by atoms with E-state index in [4.69, 9.17) is 9.47 Å². The van der Waals surface area contributed by atoms with Crippen LogP contribution in [0.2, 0.25) is 0 Å². The van der Waals surface area contributed by atoms with Crippen LogP contribution in [0.25, 0.3) is 5.69 Å². The van der Waals surface area contributed by atoms with E-state index in [9.17, 15) is 14.0 Å². The lowest BCUT2D eigenvalue weighted by Crippen LogP contribution is -2.27. The van der Waals surface area contributed by atoms with E-state index in [1.165, 1.54) is 43.5 Å². The molecule has 2 aromatic rings. The SMILES string of the molecule is COC(=O)C1=C(C(=O)OC)N(c2cc(F)ccc2-n2ccnc2)C=CC=C1. The molecular weight excluding hydrogens is 353 g/mol. The van der Waals surface area contributed by atoms with E-state index in [0.717, 1.165) is 0 Å². The number of methoxy groups -OCH3 is 2. The number of hydrogen-bond acceptors (Lipinski definition) is 6. The first kappa shape index (κ1) is 18.1. The van der Waals surface area contributed by atoms with Crippen molar-refractivity contribution in [1.29, 1.82) is 0 Å². The molecule has 1 aliphatic heterocycles. The maximum atomic E-state index is 14.1. The molecule has 0 spiro atoms. The lowest BCUT2D eigenvalue weighted by molar-refractivity contribution is -0.139. The van der Waals surface area contributed by atoms with Gasteiger partial charge in [0.25, 0.3) is 0 Å². The Hall–Kier alpha value is -3.68. The molecule has 0 N–H and O–H groups in total. The van der Waals surface area contributed by atoms with Crippen molar-refractivity contribution in [3.63, 3.8) is 0 Å². The molecule has 27 heavy (non-hydrogen) atoms. The van der Waals surface area contributed by atoms with Crippen LogP contribution in [-0.2, 0) is 19.1 Å². The standard InChI is InChI=1S/C19H16FN3O4/c1-26-18(24)14-5-3-4-9-23(17(14)19(25)27-2)16-11-13(20)6-7-15(16)22-10-8-21-12-22/h3-12H,1-2H3. The maximum Gasteiger partial charge on any atom is 0.355 e. The monoisotopic (exact) mass is 369 g/mol. The van der Waals surface area contributed by atoms with Crippen LogP contribution < -0.4 is 4.90 Å². The molecule has 138 valence electrons. The molecule has 1 aromatic carbocycles. The van der Waals surface area contributed by atoms with Crippen molar-refractivity contribution in [2.24, 2.45) is 0 Å². The number of esters is 2. The topological polar surface area (TPSA) is 73.7 Å². The van der Waals surface area contributed by atoms with Gasteiger partial charge in [-0.25, -0.2) is 19.0 Å². The van der Waals surface area contributed by atoms with Crippen LogP contribution in [-0.4, -0.2) is 35.7 Å². The summed E-state index contributed by atoms with van der Waals surface area (Å²) in [5, 5.41) is 0. The quantitative estimate of drug-likeness (QED) is 0.771. The van der Waals surface area contributed by atoms with Gasteiger partial charge in [-0.15, -0.1) is 0 Å². The van der Waals surface area contributed by atoms with Crippen LogP contribution in [0.1, 0.15) is 0 Å². The van der Waals surface area contributed by atoms with Crippen LogP contribution in [0.4, 0.5) is 10.1 Å². The van der Waals surface area contributed by atoms with Gasteiger partial charge in [0, 0.05) is 24.7 Å². The smallest absolute Gasteiger partial charge is 0.355 e. The molecular formula is C19H16FN3O4. The summed E-state index contributed by atoms with van der Waals surface area (Å²) in [7, 11) is 2.41. The van der Waals surface area contributed by atoms with E-state index in [1.54, 1.807) is 41.5 Å². The molecule has 0 saturated carbocycles. The van der Waals surface area contributed by atoms with Gasteiger partial charge in [0.2, 0.25) is 0 Å². The van der Waals surface area contributed by atoms with Gasteiger partial charge < -0.3 is 18.9 Å². The predicted octanol–water partition coefficient (Wildman–Crippen LogP) is 2.50. The summed E-state index contributed by atoms with van der Waals surface area (Å²) in [5.74, 6) is -2.00. The second-order valence-electron chi connectivity index (χ2n) is 5.42. The number of benzene rings is 1. The summed E-state index contributed by atoms with van der Waals surface area (Å²) >= 11 is 0. The lowest BCUT2D eigenvalue weighted by atomic mass is 10.1. The molecule has 2 heterocycles. The first-order chi connectivity index (χ1) is 13.1. The number of rotatable bonds is 4. The zero-order valence-corrected chi connectivity index (χ0v) is 14.6. The molecule has 0 atom stereocenters. The molecule has 3 rings (SSSR count). The molecule has 0 bridgehead atoms. The van der Waals surface area contributed by atoms with Gasteiger partial charge in [-0.2, -0.15) is 0 Å². The summed E-state index contributed by atoms with van der Waals surface area (Å²) in [6.07, 6.45) is 11.0. The summed E-state index contributed by atoms with van der Waals surface area (Å²) < 4.78 is 25.4. The average Bonchev–Trinajstić information content (AvgIpc) is 3.12. The van der Waals surface area contributed by atoms with E-state index in [1.807, 2.05) is 0 Å². The molecule has 1 aromatic heterocycles. The largest absolute Gasteiger partial charge is 0.465 e. The Morgan fingerprint density at radius 3 is 2.52 bits per heavy atom. The number of allylic oxidation sites excluding steroid dienone is 2. The number of carbonyl (C=O) groups is 2. The molecule has 0 radical (unpaired) electrons. The number of imidazole rings is 1. The number of halogens is 1. The number of anilines is 1. The molecule has 7 nitrogen and oxygen atoms in total. The van der Waals surface area contributed by atoms with Gasteiger partial charge in [0.15, 0.2) is 0 Å². The fourth-order valence-corrected chi connectivity index (χ4v) is 2.66. The Morgan fingerprint density at radius 2 is 1.85 bits per heavy atom. The predicted molar refractivity (Wildman–Crippen MR) is 95.3 cm³/mol. The van der Waals surface area contributed by atoms with Crippen LogP contribution in [0, 0.1) is 5.82 Å². The third-order valence-corrected chi connectivity index (χ3v) is 3.87. The van der Waals surface area contributed by atoms with Crippen molar-refractivity contribution < 1.29 is 23.5 Å². The summed E-state index contributed by atoms with van der Waals surface area (Å²) in [4.78, 5) is 30.1. The number of hydrogen-bond donors (Lipinski definition) is 0. The minimum atomic E-state index is -0.771. The van der Waals surface area contributed by atoms with Gasteiger partial charge in [-0.3, -0.25) is 0 Å². The van der Waals surface area contributed by atoms with Gasteiger partial charge in [-0.1, -0.05) is 6.08 Å². The minimum Gasteiger partial charge on any atom is -0.465 e. The molecule has 0 aliphatic carbocycles. The molecule has 0 fully saturated rings. The first-order valence-electron chi connectivity index (χ1n) is 7.89. The Balaban J connectivity index is 2.27. The van der Waals surface area contributed by atoms with Crippen molar-refractivity contribution in [3.8, 4) is 5.69 Å². The van der Waals surface area contributed by atoms with E-state index in [0.29, 0.717) is 11.4 Å². The summed E-state index contributed by atoms with van der Waals surface area (Å²) in [6.45, 7) is 0. The first-order valence-corrected chi connectivity index (χ1v) is 7.89. The van der Waals surface area contributed by atoms with Crippen LogP contribution >= 0.6 is 0 Å². The third-order valence-electron chi connectivity index (χ3n) is 3.87. The van der Waals surface area contributed by atoms with Crippen molar-refractivity contribution in [3.05, 3.63) is 78.4 Å². The Bertz CT molecular complexity index is 961. The van der Waals surface area contributed by atoms with Crippen LogP contribution in [0.5, 0.6) is 0 Å². The highest BCUT2D eigenvalue weighted by Crippen LogP contribution is 2.32. The van der Waals surface area contributed by atoms with Gasteiger partial charge in [-0.05, 0) is 24.3 Å². The molecule has 0 unspecified atom stereocenters. The van der Waals surface area contributed by atoms with Crippen LogP contribution in [0.15, 0.2) is 72.6 Å². The highest BCUT2D eigenvalue weighted by Gasteiger charge is 2.29. The fraction of sp³-hybridized carbons (Fsp3) is 0.105. The van der Waals surface area contributed by atoms with E-state index in [2.05, 4.69) is 4.98 Å². The van der Waals surface area contributed by atoms with Crippen molar-refractivity contribution >= 4 is 17.6 Å². The second kappa shape index (κ2) is 7.69. The number of nitrogens with zero attached hydrogens (tertiary/aromatic N) is 3. The van der Waals surface area contributed by atoms with E-state index < -0.39 is 17.8 Å². The molecule has 1 aliphatic rings. The van der Waals surface area contributed by atoms with Crippen molar-refractivity contribution in [2.45, 2.75) is 0 Å². The fourth-order valence-electron chi connectivity index (χ4n) is 2.66. The minimum absolute atomic E-state index is 0.0183. The van der Waals surface area contributed by atoms with Gasteiger partial charge in [0.05, 0.1) is 37.5 Å². The highest BCUT2D eigenvalue weighted by molar-refractivity contribution is 6.05. The van der Waals surface area contributed by atoms with Gasteiger partial charge >= 0.3 is 11.9 Å². The Labute approximate surface area is 154 Å². The molecule has 8 heteroatoms. The van der Waals surface area contributed by atoms with E-state index in [-0.39, 0.29) is 11.3 Å². The molecule has 0 saturated heterocycles. The number of aromatic nitrogens is 2. The summed E-state index contributed by atoms with van der Waals surface area (Å²) in [5.41, 5.74) is 0.748. The Kier molecular flexibility index (Phi) is 5.16. The van der Waals surface area contributed by atoms with E-state index >= 15 is 0 Å². The zero-order chi connectivity index (χ0) is 19.4. The zero-order valence-electron chi connectivity index (χ0n) is 14.6. The van der Waals surface area contributed by atoms with Crippen molar-refractivity contribution in [2.75, 3.05) is 19.1 Å². The average molecular weight is 369 g/mol. The normalized spacial score (nSPS) is 13.5. The van der Waals surface area contributed by atoms with Crippen molar-refractivity contribution in [1.82, 2.24) is 9.55 Å². The highest BCUT2D eigenvalue weighted by atomic mass is 19.1. The van der Waals surface area contributed by atoms with Crippen LogP contribution in [0.3, 0.4) is 0 Å². The maximum absolute atomic E-state index is 14.1. The second-order valence-corrected chi connectivity index (χ2v) is 5.42. The third kappa shape index (κ3) is 3.50. The molecule has 0 amide bonds. The number of ether oxygens (including phenoxy) is 2. The summed E-state index contributed by atoms with van der Waals surface area (Å²) in [6, 6.07) is 4.09. The Morgan fingerprint density at radius 1 is 1.07 bits per heavy atom.